The van der Waals surface area contributed by atoms with Gasteiger partial charge in [0.15, 0.2) is 11.6 Å². The molecule has 0 unspecified atom stereocenters. The highest BCUT2D eigenvalue weighted by Crippen LogP contribution is 2.21. The Morgan fingerprint density at radius 1 is 1.57 bits per heavy atom. The lowest BCUT2D eigenvalue weighted by Crippen LogP contribution is -2.00. The standard InChI is InChI=1S/C11H14FNO/c1-8(7-13)6-9-4-3-5-10(14-2)11(9)12/h3-6H,7,13H2,1-2H3/b8-6-. The first-order chi connectivity index (χ1) is 6.69. The highest BCUT2D eigenvalue weighted by Gasteiger charge is 2.05. The first-order valence-electron chi connectivity index (χ1n) is 4.38. The Morgan fingerprint density at radius 3 is 2.86 bits per heavy atom. The van der Waals surface area contributed by atoms with Gasteiger partial charge in [-0.3, -0.25) is 0 Å². The zero-order chi connectivity index (χ0) is 10.6. The largest absolute Gasteiger partial charge is 0.494 e. The maximum Gasteiger partial charge on any atom is 0.172 e. The van der Waals surface area contributed by atoms with Gasteiger partial charge in [-0.2, -0.15) is 0 Å². The highest BCUT2D eigenvalue weighted by molar-refractivity contribution is 5.55. The molecule has 1 aromatic rings. The molecule has 0 heterocycles. The molecule has 0 aromatic heterocycles. The van der Waals surface area contributed by atoms with Crippen molar-refractivity contribution in [1.29, 1.82) is 0 Å². The molecule has 1 rings (SSSR count). The van der Waals surface area contributed by atoms with Crippen molar-refractivity contribution in [2.24, 2.45) is 5.73 Å². The molecule has 0 saturated heterocycles. The van der Waals surface area contributed by atoms with Gasteiger partial charge >= 0.3 is 0 Å². The van der Waals surface area contributed by atoms with Gasteiger partial charge in [-0.15, -0.1) is 0 Å². The smallest absolute Gasteiger partial charge is 0.172 e. The van der Waals surface area contributed by atoms with Crippen molar-refractivity contribution in [3.63, 3.8) is 0 Å². The van der Waals surface area contributed by atoms with Crippen LogP contribution in [0.5, 0.6) is 5.75 Å². The maximum atomic E-state index is 13.6. The lowest BCUT2D eigenvalue weighted by Gasteiger charge is -2.04. The van der Waals surface area contributed by atoms with Gasteiger partial charge < -0.3 is 10.5 Å². The minimum Gasteiger partial charge on any atom is -0.494 e. The fraction of sp³-hybridized carbons (Fsp3) is 0.273. The molecule has 0 aliphatic rings. The molecule has 0 atom stereocenters. The Bertz CT molecular complexity index is 347. The van der Waals surface area contributed by atoms with E-state index in [1.807, 2.05) is 6.92 Å². The average Bonchev–Trinajstić information content (AvgIpc) is 2.21. The van der Waals surface area contributed by atoms with Crippen molar-refractivity contribution in [3.8, 4) is 5.75 Å². The molecule has 76 valence electrons. The molecule has 1 aromatic carbocycles. The van der Waals surface area contributed by atoms with Crippen LogP contribution in [-0.4, -0.2) is 13.7 Å². The molecule has 2 nitrogen and oxygen atoms in total. The summed E-state index contributed by atoms with van der Waals surface area (Å²) in [6.45, 7) is 2.29. The summed E-state index contributed by atoms with van der Waals surface area (Å²) < 4.78 is 18.4. The van der Waals surface area contributed by atoms with E-state index in [4.69, 9.17) is 10.5 Å². The lowest BCUT2D eigenvalue weighted by molar-refractivity contribution is 0.386. The molecule has 0 amide bonds. The van der Waals surface area contributed by atoms with E-state index in [0.717, 1.165) is 5.57 Å². The Hall–Kier alpha value is -1.35. The molecule has 0 fully saturated rings. The third kappa shape index (κ3) is 2.33. The first kappa shape index (κ1) is 10.7. The van der Waals surface area contributed by atoms with Crippen molar-refractivity contribution >= 4 is 6.08 Å². The van der Waals surface area contributed by atoms with E-state index >= 15 is 0 Å². The molecule has 0 aliphatic carbocycles. The van der Waals surface area contributed by atoms with Crippen molar-refractivity contribution in [2.45, 2.75) is 6.92 Å². The number of nitrogens with two attached hydrogens (primary N) is 1. The van der Waals surface area contributed by atoms with Gasteiger partial charge in [0.25, 0.3) is 0 Å². The summed E-state index contributed by atoms with van der Waals surface area (Å²) in [5.74, 6) is -0.0913. The lowest BCUT2D eigenvalue weighted by atomic mass is 10.1. The molecular formula is C11H14FNO. The average molecular weight is 195 g/mol. The van der Waals surface area contributed by atoms with E-state index in [1.54, 1.807) is 24.3 Å². The maximum absolute atomic E-state index is 13.6. The van der Waals surface area contributed by atoms with Gasteiger partial charge in [0.1, 0.15) is 0 Å². The Balaban J connectivity index is 3.10. The van der Waals surface area contributed by atoms with Crippen LogP contribution >= 0.6 is 0 Å². The predicted molar refractivity (Wildman–Crippen MR) is 55.7 cm³/mol. The van der Waals surface area contributed by atoms with Crippen LogP contribution in [0.15, 0.2) is 23.8 Å². The van der Waals surface area contributed by atoms with E-state index < -0.39 is 0 Å². The Kier molecular flexibility index (Phi) is 3.65. The van der Waals surface area contributed by atoms with Crippen LogP contribution in [0.25, 0.3) is 6.08 Å². The number of ether oxygens (including phenoxy) is 1. The SMILES string of the molecule is COc1cccc(/C=C(/C)CN)c1F. The van der Waals surface area contributed by atoms with Crippen LogP contribution in [0, 0.1) is 5.82 Å². The zero-order valence-electron chi connectivity index (χ0n) is 8.38. The van der Waals surface area contributed by atoms with Crippen LogP contribution in [0.4, 0.5) is 4.39 Å². The number of rotatable bonds is 3. The fourth-order valence-electron chi connectivity index (χ4n) is 1.12. The van der Waals surface area contributed by atoms with Crippen molar-refractivity contribution in [1.82, 2.24) is 0 Å². The Morgan fingerprint density at radius 2 is 2.29 bits per heavy atom. The van der Waals surface area contributed by atoms with Crippen molar-refractivity contribution in [2.75, 3.05) is 13.7 Å². The van der Waals surface area contributed by atoms with Crippen LogP contribution in [0.2, 0.25) is 0 Å². The van der Waals surface area contributed by atoms with E-state index in [9.17, 15) is 4.39 Å². The number of methoxy groups -OCH3 is 1. The molecular weight excluding hydrogens is 181 g/mol. The van der Waals surface area contributed by atoms with Crippen molar-refractivity contribution in [3.05, 3.63) is 35.2 Å². The molecule has 0 bridgehead atoms. The van der Waals surface area contributed by atoms with Gasteiger partial charge in [0, 0.05) is 12.1 Å². The van der Waals surface area contributed by atoms with E-state index in [0.29, 0.717) is 12.1 Å². The fourth-order valence-corrected chi connectivity index (χ4v) is 1.12. The van der Waals surface area contributed by atoms with Crippen LogP contribution in [-0.2, 0) is 0 Å². The van der Waals surface area contributed by atoms with Crippen LogP contribution < -0.4 is 10.5 Å². The normalized spacial score (nSPS) is 11.6. The molecule has 3 heteroatoms. The summed E-state index contributed by atoms with van der Waals surface area (Å²) >= 11 is 0. The zero-order valence-corrected chi connectivity index (χ0v) is 8.38. The molecule has 2 N–H and O–H groups in total. The quantitative estimate of drug-likeness (QED) is 0.802. The van der Waals surface area contributed by atoms with E-state index in [2.05, 4.69) is 0 Å². The highest BCUT2D eigenvalue weighted by atomic mass is 19.1. The second kappa shape index (κ2) is 4.77. The molecule has 14 heavy (non-hydrogen) atoms. The summed E-state index contributed by atoms with van der Waals surface area (Å²) in [6, 6.07) is 5.03. The molecule has 0 radical (unpaired) electrons. The Labute approximate surface area is 83.2 Å². The summed E-state index contributed by atoms with van der Waals surface area (Å²) in [6.07, 6.45) is 1.72. The third-order valence-corrected chi connectivity index (χ3v) is 1.94. The van der Waals surface area contributed by atoms with Gasteiger partial charge in [0.2, 0.25) is 0 Å². The number of halogens is 1. The third-order valence-electron chi connectivity index (χ3n) is 1.94. The van der Waals surface area contributed by atoms with Crippen LogP contribution in [0.3, 0.4) is 0 Å². The second-order valence-electron chi connectivity index (χ2n) is 3.06. The number of benzene rings is 1. The summed E-state index contributed by atoms with van der Waals surface area (Å²) in [5.41, 5.74) is 6.85. The molecule has 0 aliphatic heterocycles. The summed E-state index contributed by atoms with van der Waals surface area (Å²) in [7, 11) is 1.45. The predicted octanol–water partition coefficient (Wildman–Crippen LogP) is 2.20. The topological polar surface area (TPSA) is 35.2 Å². The monoisotopic (exact) mass is 195 g/mol. The van der Waals surface area contributed by atoms with E-state index in [-0.39, 0.29) is 11.6 Å². The minimum atomic E-state index is -0.345. The molecule has 0 spiro atoms. The molecule has 0 saturated carbocycles. The minimum absolute atomic E-state index is 0.253. The number of hydrogen-bond acceptors (Lipinski definition) is 2. The second-order valence-corrected chi connectivity index (χ2v) is 3.06. The van der Waals surface area contributed by atoms with Gasteiger partial charge in [-0.05, 0) is 13.0 Å². The van der Waals surface area contributed by atoms with Gasteiger partial charge in [-0.25, -0.2) is 4.39 Å². The number of hydrogen-bond donors (Lipinski definition) is 1. The van der Waals surface area contributed by atoms with Crippen molar-refractivity contribution < 1.29 is 9.13 Å². The van der Waals surface area contributed by atoms with Crippen LogP contribution in [0.1, 0.15) is 12.5 Å². The van der Waals surface area contributed by atoms with Gasteiger partial charge in [-0.1, -0.05) is 23.8 Å². The summed E-state index contributed by atoms with van der Waals surface area (Å²) in [5, 5.41) is 0. The van der Waals surface area contributed by atoms with E-state index in [1.165, 1.54) is 7.11 Å². The van der Waals surface area contributed by atoms with Gasteiger partial charge in [0.05, 0.1) is 7.11 Å². The first-order valence-corrected chi connectivity index (χ1v) is 4.38. The summed E-state index contributed by atoms with van der Waals surface area (Å²) in [4.78, 5) is 0.